The van der Waals surface area contributed by atoms with E-state index in [9.17, 15) is 13.2 Å². The van der Waals surface area contributed by atoms with Crippen molar-refractivity contribution in [2.75, 3.05) is 22.8 Å². The van der Waals surface area contributed by atoms with Crippen molar-refractivity contribution in [1.82, 2.24) is 0 Å². The first-order valence-electron chi connectivity index (χ1n) is 8.63. The minimum atomic E-state index is -3.87. The minimum Gasteiger partial charge on any atom is -0.490 e. The normalized spacial score (nSPS) is 16.0. The van der Waals surface area contributed by atoms with Gasteiger partial charge < -0.3 is 9.64 Å². The molecule has 1 aliphatic heterocycles. The first-order chi connectivity index (χ1) is 13.2. The quantitative estimate of drug-likeness (QED) is 0.739. The van der Waals surface area contributed by atoms with Crippen LogP contribution >= 0.6 is 11.6 Å². The topological polar surface area (TPSA) is 75.7 Å². The second-order valence-corrected chi connectivity index (χ2v) is 9.15. The molecule has 0 aromatic heterocycles. The van der Waals surface area contributed by atoms with Crippen LogP contribution in [0.3, 0.4) is 0 Å². The Labute approximate surface area is 169 Å². The molecule has 1 amide bonds. The molecule has 2 aromatic rings. The summed E-state index contributed by atoms with van der Waals surface area (Å²) in [7, 11) is -3.87. The Balaban J connectivity index is 1.98. The molecule has 28 heavy (non-hydrogen) atoms. The van der Waals surface area contributed by atoms with Crippen LogP contribution in [0.4, 0.5) is 11.4 Å². The Bertz CT molecular complexity index is 1030. The lowest BCUT2D eigenvalue weighted by Gasteiger charge is -2.27. The first-order valence-corrected chi connectivity index (χ1v) is 10.5. The summed E-state index contributed by atoms with van der Waals surface area (Å²) in [6.45, 7) is 7.81. The van der Waals surface area contributed by atoms with E-state index < -0.39 is 15.4 Å². The number of benzene rings is 2. The van der Waals surface area contributed by atoms with Crippen LogP contribution in [0.5, 0.6) is 5.75 Å². The van der Waals surface area contributed by atoms with Crippen molar-refractivity contribution in [3.8, 4) is 5.75 Å². The molecule has 1 heterocycles. The number of amides is 1. The van der Waals surface area contributed by atoms with E-state index in [-0.39, 0.29) is 22.4 Å². The zero-order chi connectivity index (χ0) is 20.5. The zero-order valence-corrected chi connectivity index (χ0v) is 17.2. The summed E-state index contributed by atoms with van der Waals surface area (Å²) in [5.41, 5.74) is 0.153. The molecule has 0 aliphatic carbocycles. The largest absolute Gasteiger partial charge is 0.490 e. The number of carbonyl (C=O) groups is 1. The number of hydrogen-bond donors (Lipinski definition) is 1. The number of ether oxygens (including phenoxy) is 1. The van der Waals surface area contributed by atoms with E-state index in [1.807, 2.05) is 0 Å². The highest BCUT2D eigenvalue weighted by atomic mass is 35.5. The molecule has 0 spiro atoms. The fourth-order valence-electron chi connectivity index (χ4n) is 2.89. The minimum absolute atomic E-state index is 0.0166. The third-order valence-corrected chi connectivity index (χ3v) is 6.23. The predicted molar refractivity (Wildman–Crippen MR) is 111 cm³/mol. The first kappa shape index (κ1) is 20.2. The number of sulfonamides is 1. The number of nitrogens with zero attached hydrogens (tertiary/aromatic N) is 1. The lowest BCUT2D eigenvalue weighted by atomic mass is 9.93. The Hall–Kier alpha value is -2.51. The maximum absolute atomic E-state index is 12.8. The van der Waals surface area contributed by atoms with E-state index in [1.54, 1.807) is 55.2 Å². The van der Waals surface area contributed by atoms with Crippen molar-refractivity contribution < 1.29 is 17.9 Å². The van der Waals surface area contributed by atoms with Gasteiger partial charge >= 0.3 is 0 Å². The van der Waals surface area contributed by atoms with Crippen LogP contribution < -0.4 is 14.4 Å². The predicted octanol–water partition coefficient (Wildman–Crippen LogP) is 4.08. The van der Waals surface area contributed by atoms with Crippen molar-refractivity contribution in [2.45, 2.75) is 18.7 Å². The number of fused-ring (bicyclic) bond motifs is 1. The van der Waals surface area contributed by atoms with Crippen LogP contribution in [0.15, 0.2) is 60.0 Å². The average molecular weight is 421 g/mol. The summed E-state index contributed by atoms with van der Waals surface area (Å²) in [4.78, 5) is 14.4. The maximum Gasteiger partial charge on any atom is 0.263 e. The molecule has 0 radical (unpaired) electrons. The van der Waals surface area contributed by atoms with Gasteiger partial charge in [-0.1, -0.05) is 29.8 Å². The van der Waals surface area contributed by atoms with E-state index in [2.05, 4.69) is 11.3 Å². The molecule has 0 atom stereocenters. The molecule has 0 bridgehead atoms. The number of rotatable bonds is 5. The van der Waals surface area contributed by atoms with E-state index in [4.69, 9.17) is 16.3 Å². The fraction of sp³-hybridized carbons (Fsp3) is 0.250. The van der Waals surface area contributed by atoms with Gasteiger partial charge in [-0.25, -0.2) is 8.42 Å². The summed E-state index contributed by atoms with van der Waals surface area (Å²) in [5, 5.41) is 0.130. The lowest BCUT2D eigenvalue weighted by Crippen LogP contribution is -2.42. The van der Waals surface area contributed by atoms with Crippen LogP contribution in [-0.2, 0) is 14.8 Å². The number of anilines is 2. The van der Waals surface area contributed by atoms with E-state index in [0.717, 1.165) is 0 Å². The molecular formula is C20H21ClN2O4S. The van der Waals surface area contributed by atoms with Gasteiger partial charge in [-0.2, -0.15) is 0 Å². The summed E-state index contributed by atoms with van der Waals surface area (Å²) in [6, 6.07) is 11.0. The number of halogens is 1. The molecule has 0 saturated carbocycles. The second-order valence-electron chi connectivity index (χ2n) is 7.10. The molecule has 0 unspecified atom stereocenters. The number of nitrogens with one attached hydrogen (secondary N) is 1. The number of carbonyl (C=O) groups excluding carboxylic acids is 1. The Kier molecular flexibility index (Phi) is 5.41. The summed E-state index contributed by atoms with van der Waals surface area (Å²) >= 11 is 6.02. The van der Waals surface area contributed by atoms with Crippen LogP contribution in [0.25, 0.3) is 0 Å². The maximum atomic E-state index is 12.8. The van der Waals surface area contributed by atoms with Gasteiger partial charge in [0, 0.05) is 12.6 Å². The van der Waals surface area contributed by atoms with Crippen LogP contribution in [-0.4, -0.2) is 27.5 Å². The molecule has 1 aliphatic rings. The third kappa shape index (κ3) is 3.86. The SMILES string of the molecule is C=CCN1C(=O)C(C)(C)COc2cc(NS(=O)(=O)c3ccccc3Cl)ccc21. The van der Waals surface area contributed by atoms with Crippen molar-refractivity contribution in [3.05, 3.63) is 60.1 Å². The molecular weight excluding hydrogens is 400 g/mol. The van der Waals surface area contributed by atoms with Crippen LogP contribution in [0, 0.1) is 5.41 Å². The second kappa shape index (κ2) is 7.48. The molecule has 0 saturated heterocycles. The van der Waals surface area contributed by atoms with Crippen molar-refractivity contribution >= 4 is 38.9 Å². The summed E-state index contributed by atoms with van der Waals surface area (Å²) in [5.74, 6) is 0.329. The monoisotopic (exact) mass is 420 g/mol. The van der Waals surface area contributed by atoms with Gasteiger partial charge in [0.05, 0.1) is 21.8 Å². The molecule has 2 aromatic carbocycles. The lowest BCUT2D eigenvalue weighted by molar-refractivity contribution is -0.127. The van der Waals surface area contributed by atoms with Gasteiger partial charge in [-0.15, -0.1) is 6.58 Å². The Morgan fingerprint density at radius 1 is 1.29 bits per heavy atom. The highest BCUT2D eigenvalue weighted by Crippen LogP contribution is 2.38. The van der Waals surface area contributed by atoms with Gasteiger partial charge in [-0.05, 0) is 38.1 Å². The van der Waals surface area contributed by atoms with Crippen molar-refractivity contribution in [1.29, 1.82) is 0 Å². The van der Waals surface area contributed by atoms with Gasteiger partial charge in [-0.3, -0.25) is 9.52 Å². The standard InChI is InChI=1S/C20H21ClN2O4S/c1-4-11-23-16-10-9-14(12-17(16)27-13-20(2,3)19(23)24)22-28(25,26)18-8-6-5-7-15(18)21/h4-10,12,22H,1,11,13H2,2-3H3. The number of hydrogen-bond acceptors (Lipinski definition) is 4. The summed E-state index contributed by atoms with van der Waals surface area (Å²) in [6.07, 6.45) is 1.64. The van der Waals surface area contributed by atoms with Crippen LogP contribution in [0.1, 0.15) is 13.8 Å². The smallest absolute Gasteiger partial charge is 0.263 e. The Morgan fingerprint density at radius 3 is 2.68 bits per heavy atom. The highest BCUT2D eigenvalue weighted by Gasteiger charge is 2.37. The van der Waals surface area contributed by atoms with Gasteiger partial charge in [0.15, 0.2) is 0 Å². The zero-order valence-electron chi connectivity index (χ0n) is 15.6. The third-order valence-electron chi connectivity index (χ3n) is 4.35. The molecule has 8 heteroatoms. The average Bonchev–Trinajstić information content (AvgIpc) is 2.72. The van der Waals surface area contributed by atoms with E-state index >= 15 is 0 Å². The van der Waals surface area contributed by atoms with E-state index in [0.29, 0.717) is 23.7 Å². The molecule has 0 fully saturated rings. The van der Waals surface area contributed by atoms with Gasteiger partial charge in [0.1, 0.15) is 17.3 Å². The van der Waals surface area contributed by atoms with Crippen molar-refractivity contribution in [3.63, 3.8) is 0 Å². The van der Waals surface area contributed by atoms with Crippen molar-refractivity contribution in [2.24, 2.45) is 5.41 Å². The molecule has 6 nitrogen and oxygen atoms in total. The highest BCUT2D eigenvalue weighted by molar-refractivity contribution is 7.92. The fourth-order valence-corrected chi connectivity index (χ4v) is 4.46. The van der Waals surface area contributed by atoms with Gasteiger partial charge in [0.2, 0.25) is 5.91 Å². The molecule has 3 rings (SSSR count). The van der Waals surface area contributed by atoms with Gasteiger partial charge in [0.25, 0.3) is 10.0 Å². The van der Waals surface area contributed by atoms with E-state index in [1.165, 1.54) is 12.1 Å². The molecule has 1 N–H and O–H groups in total. The van der Waals surface area contributed by atoms with Crippen LogP contribution in [0.2, 0.25) is 5.02 Å². The molecule has 148 valence electrons. The Morgan fingerprint density at radius 2 is 2.00 bits per heavy atom. The summed E-state index contributed by atoms with van der Waals surface area (Å²) < 4.78 is 33.7.